The summed E-state index contributed by atoms with van der Waals surface area (Å²) in [7, 11) is 0. The minimum atomic E-state index is -0.0615. The van der Waals surface area contributed by atoms with Crippen LogP contribution in [-0.4, -0.2) is 26.4 Å². The van der Waals surface area contributed by atoms with Gasteiger partial charge in [-0.05, 0) is 30.7 Å². The van der Waals surface area contributed by atoms with Crippen LogP contribution in [0, 0.1) is 0 Å². The number of thioether (sulfide) groups is 1. The van der Waals surface area contributed by atoms with Gasteiger partial charge in [0.15, 0.2) is 11.0 Å². The van der Waals surface area contributed by atoms with Crippen molar-refractivity contribution in [3.05, 3.63) is 59.1 Å². The van der Waals surface area contributed by atoms with Crippen molar-refractivity contribution in [3.8, 4) is 11.4 Å². The van der Waals surface area contributed by atoms with Gasteiger partial charge in [-0.3, -0.25) is 4.79 Å². The average molecular weight is 445 g/mol. The van der Waals surface area contributed by atoms with Crippen LogP contribution >= 0.6 is 27.7 Å². The van der Waals surface area contributed by atoms with E-state index in [0.717, 1.165) is 46.1 Å². The van der Waals surface area contributed by atoms with Gasteiger partial charge in [-0.25, -0.2) is 0 Å². The molecule has 3 aromatic rings. The van der Waals surface area contributed by atoms with Gasteiger partial charge in [0.05, 0.1) is 5.75 Å². The standard InChI is InChI=1S/C20H21BrN4OS/c1-2-3-13-25-19(15-7-5-4-6-8-15)23-24-20(25)27-14-18(26)22-17-11-9-16(21)10-12-17/h4-12H,2-3,13-14H2,1H3,(H,22,26). The zero-order valence-corrected chi connectivity index (χ0v) is 17.5. The van der Waals surface area contributed by atoms with Crippen molar-refractivity contribution in [1.29, 1.82) is 0 Å². The Balaban J connectivity index is 1.69. The number of anilines is 1. The summed E-state index contributed by atoms with van der Waals surface area (Å²) in [6.07, 6.45) is 2.12. The Labute approximate surface area is 171 Å². The highest BCUT2D eigenvalue weighted by Crippen LogP contribution is 2.25. The van der Waals surface area contributed by atoms with E-state index in [4.69, 9.17) is 0 Å². The van der Waals surface area contributed by atoms with E-state index in [-0.39, 0.29) is 11.7 Å². The van der Waals surface area contributed by atoms with E-state index < -0.39 is 0 Å². The summed E-state index contributed by atoms with van der Waals surface area (Å²) in [6.45, 7) is 3.00. The second kappa shape index (κ2) is 9.71. The summed E-state index contributed by atoms with van der Waals surface area (Å²) < 4.78 is 3.09. The lowest BCUT2D eigenvalue weighted by Crippen LogP contribution is -2.14. The average Bonchev–Trinajstić information content (AvgIpc) is 3.10. The number of nitrogens with one attached hydrogen (secondary N) is 1. The zero-order valence-electron chi connectivity index (χ0n) is 15.1. The number of hydrogen-bond donors (Lipinski definition) is 1. The fourth-order valence-corrected chi connectivity index (χ4v) is 3.60. The zero-order chi connectivity index (χ0) is 19.1. The molecule has 7 heteroatoms. The highest BCUT2D eigenvalue weighted by atomic mass is 79.9. The molecule has 2 aromatic carbocycles. The van der Waals surface area contributed by atoms with Crippen LogP contribution in [0.4, 0.5) is 5.69 Å². The predicted molar refractivity (Wildman–Crippen MR) is 114 cm³/mol. The van der Waals surface area contributed by atoms with Gasteiger partial charge >= 0.3 is 0 Å². The smallest absolute Gasteiger partial charge is 0.234 e. The molecule has 0 fully saturated rings. The Morgan fingerprint density at radius 2 is 1.85 bits per heavy atom. The first-order valence-corrected chi connectivity index (χ1v) is 10.6. The van der Waals surface area contributed by atoms with Crippen LogP contribution in [0.2, 0.25) is 0 Å². The second-order valence-electron chi connectivity index (χ2n) is 6.02. The fourth-order valence-electron chi connectivity index (χ4n) is 2.57. The molecule has 0 aliphatic carbocycles. The van der Waals surface area contributed by atoms with Gasteiger partial charge in [0, 0.05) is 22.3 Å². The number of rotatable bonds is 8. The Morgan fingerprint density at radius 3 is 2.56 bits per heavy atom. The molecule has 0 aliphatic rings. The van der Waals surface area contributed by atoms with Crippen molar-refractivity contribution in [2.75, 3.05) is 11.1 Å². The van der Waals surface area contributed by atoms with E-state index >= 15 is 0 Å². The van der Waals surface area contributed by atoms with Crippen LogP contribution in [0.1, 0.15) is 19.8 Å². The van der Waals surface area contributed by atoms with E-state index in [1.165, 1.54) is 11.8 Å². The Hall–Kier alpha value is -2.12. The molecular weight excluding hydrogens is 424 g/mol. The molecule has 0 unspecified atom stereocenters. The molecule has 1 heterocycles. The molecule has 0 aliphatic heterocycles. The minimum absolute atomic E-state index is 0.0615. The summed E-state index contributed by atoms with van der Waals surface area (Å²) in [5.41, 5.74) is 1.81. The summed E-state index contributed by atoms with van der Waals surface area (Å²) in [5, 5.41) is 12.4. The Morgan fingerprint density at radius 1 is 1.11 bits per heavy atom. The van der Waals surface area contributed by atoms with Crippen molar-refractivity contribution in [2.45, 2.75) is 31.5 Å². The maximum Gasteiger partial charge on any atom is 0.234 e. The molecule has 1 N–H and O–H groups in total. The third kappa shape index (κ3) is 5.43. The molecule has 3 rings (SSSR count). The fraction of sp³-hybridized carbons (Fsp3) is 0.250. The SMILES string of the molecule is CCCCn1c(SCC(=O)Nc2ccc(Br)cc2)nnc1-c1ccccc1. The number of benzene rings is 2. The van der Waals surface area contributed by atoms with Crippen molar-refractivity contribution in [2.24, 2.45) is 0 Å². The van der Waals surface area contributed by atoms with Crippen molar-refractivity contribution < 1.29 is 4.79 Å². The van der Waals surface area contributed by atoms with Crippen LogP contribution < -0.4 is 5.32 Å². The van der Waals surface area contributed by atoms with Gasteiger partial charge in [-0.1, -0.05) is 71.4 Å². The minimum Gasteiger partial charge on any atom is -0.325 e. The van der Waals surface area contributed by atoms with E-state index in [1.807, 2.05) is 54.6 Å². The van der Waals surface area contributed by atoms with Crippen LogP contribution in [-0.2, 0) is 11.3 Å². The molecule has 0 saturated heterocycles. The maximum atomic E-state index is 12.3. The second-order valence-corrected chi connectivity index (χ2v) is 7.88. The molecule has 0 bridgehead atoms. The number of nitrogens with zero attached hydrogens (tertiary/aromatic N) is 3. The van der Waals surface area contributed by atoms with Gasteiger partial charge < -0.3 is 9.88 Å². The number of halogens is 1. The third-order valence-electron chi connectivity index (χ3n) is 3.94. The normalized spacial score (nSPS) is 10.7. The monoisotopic (exact) mass is 444 g/mol. The molecule has 1 aromatic heterocycles. The van der Waals surface area contributed by atoms with Gasteiger partial charge in [0.25, 0.3) is 0 Å². The molecule has 27 heavy (non-hydrogen) atoms. The van der Waals surface area contributed by atoms with E-state index in [0.29, 0.717) is 0 Å². The van der Waals surface area contributed by atoms with Crippen molar-refractivity contribution >= 4 is 39.3 Å². The van der Waals surface area contributed by atoms with Gasteiger partial charge in [-0.15, -0.1) is 10.2 Å². The topological polar surface area (TPSA) is 59.8 Å². The summed E-state index contributed by atoms with van der Waals surface area (Å²) in [4.78, 5) is 12.3. The van der Waals surface area contributed by atoms with Crippen LogP contribution in [0.15, 0.2) is 64.2 Å². The van der Waals surface area contributed by atoms with Crippen LogP contribution in [0.3, 0.4) is 0 Å². The Bertz CT molecular complexity index is 881. The maximum absolute atomic E-state index is 12.3. The number of hydrogen-bond acceptors (Lipinski definition) is 4. The quantitative estimate of drug-likeness (QED) is 0.482. The molecule has 5 nitrogen and oxygen atoms in total. The van der Waals surface area contributed by atoms with Crippen LogP contribution in [0.25, 0.3) is 11.4 Å². The van der Waals surface area contributed by atoms with E-state index in [2.05, 4.69) is 42.9 Å². The largest absolute Gasteiger partial charge is 0.325 e. The first-order chi connectivity index (χ1) is 13.2. The summed E-state index contributed by atoms with van der Waals surface area (Å²) >= 11 is 4.80. The number of carbonyl (C=O) groups is 1. The first-order valence-electron chi connectivity index (χ1n) is 8.84. The van der Waals surface area contributed by atoms with Gasteiger partial charge in [0.2, 0.25) is 5.91 Å². The van der Waals surface area contributed by atoms with Gasteiger partial charge in [0.1, 0.15) is 0 Å². The lowest BCUT2D eigenvalue weighted by molar-refractivity contribution is -0.113. The first kappa shape index (κ1) is 19.6. The molecule has 0 saturated carbocycles. The van der Waals surface area contributed by atoms with Crippen molar-refractivity contribution in [3.63, 3.8) is 0 Å². The number of amides is 1. The van der Waals surface area contributed by atoms with E-state index in [1.54, 1.807) is 0 Å². The lowest BCUT2D eigenvalue weighted by Gasteiger charge is -2.10. The Kier molecular flexibility index (Phi) is 7.06. The number of aromatic nitrogens is 3. The molecule has 0 spiro atoms. The molecule has 0 atom stereocenters. The summed E-state index contributed by atoms with van der Waals surface area (Å²) in [5.74, 6) is 1.07. The molecule has 1 amide bonds. The van der Waals surface area contributed by atoms with Crippen molar-refractivity contribution in [1.82, 2.24) is 14.8 Å². The number of unbranched alkanes of at least 4 members (excludes halogenated alkanes) is 1. The van der Waals surface area contributed by atoms with Crippen LogP contribution in [0.5, 0.6) is 0 Å². The van der Waals surface area contributed by atoms with Gasteiger partial charge in [-0.2, -0.15) is 0 Å². The predicted octanol–water partition coefficient (Wildman–Crippen LogP) is 5.24. The van der Waals surface area contributed by atoms with E-state index in [9.17, 15) is 4.79 Å². The molecule has 140 valence electrons. The number of carbonyl (C=O) groups excluding carboxylic acids is 1. The highest BCUT2D eigenvalue weighted by Gasteiger charge is 2.15. The highest BCUT2D eigenvalue weighted by molar-refractivity contribution is 9.10. The molecular formula is C20H21BrN4OS. The third-order valence-corrected chi connectivity index (χ3v) is 5.44. The summed E-state index contributed by atoms with van der Waals surface area (Å²) in [6, 6.07) is 17.6. The lowest BCUT2D eigenvalue weighted by atomic mass is 10.2. The molecule has 0 radical (unpaired) electrons.